The molecule has 10 heteroatoms. The number of anilines is 1. The maximum atomic E-state index is 12.8. The van der Waals surface area contributed by atoms with E-state index < -0.39 is 0 Å². The molecule has 2 aliphatic rings. The SMILES string of the molecule is O=C(Cn1cnc2nc(N3CCCC3)sc2c1=O)NCc1ccc2c(c1)OCO2. The highest BCUT2D eigenvalue weighted by molar-refractivity contribution is 7.22. The Kier molecular flexibility index (Phi) is 4.55. The van der Waals surface area contributed by atoms with Gasteiger partial charge in [-0.1, -0.05) is 17.4 Å². The van der Waals surface area contributed by atoms with Crippen LogP contribution in [-0.2, 0) is 17.9 Å². The minimum absolute atomic E-state index is 0.0940. The molecular weight excluding hydrogens is 394 g/mol. The van der Waals surface area contributed by atoms with Gasteiger partial charge >= 0.3 is 0 Å². The van der Waals surface area contributed by atoms with E-state index in [9.17, 15) is 9.59 Å². The summed E-state index contributed by atoms with van der Waals surface area (Å²) in [6.45, 7) is 2.36. The van der Waals surface area contributed by atoms with E-state index in [1.54, 1.807) is 0 Å². The van der Waals surface area contributed by atoms with E-state index >= 15 is 0 Å². The van der Waals surface area contributed by atoms with Gasteiger partial charge < -0.3 is 19.7 Å². The topological polar surface area (TPSA) is 98.6 Å². The van der Waals surface area contributed by atoms with Gasteiger partial charge in [0.25, 0.3) is 5.56 Å². The molecule has 2 aliphatic heterocycles. The Balaban J connectivity index is 1.27. The largest absolute Gasteiger partial charge is 0.454 e. The molecule has 1 amide bonds. The Bertz CT molecular complexity index is 1140. The fraction of sp³-hybridized carbons (Fsp3) is 0.368. The monoisotopic (exact) mass is 413 g/mol. The van der Waals surface area contributed by atoms with E-state index in [-0.39, 0.29) is 24.8 Å². The average Bonchev–Trinajstić information content (AvgIpc) is 3.47. The second kappa shape index (κ2) is 7.36. The standard InChI is InChI=1S/C19H19N5O4S/c25-15(20-8-12-3-4-13-14(7-12)28-11-27-13)9-24-10-21-17-16(18(24)26)29-19(22-17)23-5-1-2-6-23/h3-4,7,10H,1-2,5-6,8-9,11H2,(H,20,25). The van der Waals surface area contributed by atoms with Crippen molar-refractivity contribution in [3.05, 3.63) is 40.4 Å². The van der Waals surface area contributed by atoms with Crippen LogP contribution in [0.15, 0.2) is 29.3 Å². The Morgan fingerprint density at radius 3 is 2.90 bits per heavy atom. The second-order valence-corrected chi connectivity index (χ2v) is 7.96. The third-order valence-electron chi connectivity index (χ3n) is 4.99. The molecule has 0 saturated carbocycles. The normalized spacial score (nSPS) is 15.2. The molecular formula is C19H19N5O4S. The van der Waals surface area contributed by atoms with Crippen LogP contribution < -0.4 is 25.2 Å². The number of nitrogens with zero attached hydrogens (tertiary/aromatic N) is 4. The number of carbonyl (C=O) groups is 1. The summed E-state index contributed by atoms with van der Waals surface area (Å²) in [5.41, 5.74) is 1.09. The molecule has 0 unspecified atom stereocenters. The molecule has 9 nitrogen and oxygen atoms in total. The Labute approximate surface area is 169 Å². The average molecular weight is 413 g/mol. The third kappa shape index (κ3) is 3.51. The molecule has 0 bridgehead atoms. The second-order valence-electron chi connectivity index (χ2n) is 6.99. The molecule has 150 valence electrons. The van der Waals surface area contributed by atoms with Crippen molar-refractivity contribution in [3.63, 3.8) is 0 Å². The number of hydrogen-bond acceptors (Lipinski definition) is 8. The molecule has 29 heavy (non-hydrogen) atoms. The zero-order valence-corrected chi connectivity index (χ0v) is 16.4. The molecule has 3 aromatic rings. The van der Waals surface area contributed by atoms with Crippen molar-refractivity contribution in [1.29, 1.82) is 0 Å². The van der Waals surface area contributed by atoms with Crippen LogP contribution in [0.5, 0.6) is 11.5 Å². The van der Waals surface area contributed by atoms with Crippen molar-refractivity contribution in [2.75, 3.05) is 24.8 Å². The quantitative estimate of drug-likeness (QED) is 0.677. The van der Waals surface area contributed by atoms with E-state index in [2.05, 4.69) is 20.2 Å². The summed E-state index contributed by atoms with van der Waals surface area (Å²) < 4.78 is 12.4. The number of ether oxygens (including phenoxy) is 2. The lowest BCUT2D eigenvalue weighted by molar-refractivity contribution is -0.121. The fourth-order valence-corrected chi connectivity index (χ4v) is 4.47. The van der Waals surface area contributed by atoms with Gasteiger partial charge in [-0.3, -0.25) is 14.2 Å². The van der Waals surface area contributed by atoms with E-state index in [1.807, 2.05) is 18.2 Å². The first-order valence-corrected chi connectivity index (χ1v) is 10.3. The Morgan fingerprint density at radius 2 is 2.03 bits per heavy atom. The Hall–Kier alpha value is -3.14. The minimum Gasteiger partial charge on any atom is -0.454 e. The van der Waals surface area contributed by atoms with Gasteiger partial charge in [-0.2, -0.15) is 4.98 Å². The van der Waals surface area contributed by atoms with Crippen LogP contribution >= 0.6 is 11.3 Å². The van der Waals surface area contributed by atoms with Crippen LogP contribution in [0.2, 0.25) is 0 Å². The molecule has 0 spiro atoms. The first-order valence-electron chi connectivity index (χ1n) is 9.43. The van der Waals surface area contributed by atoms with Gasteiger partial charge in [0.15, 0.2) is 22.3 Å². The van der Waals surface area contributed by atoms with Gasteiger partial charge in [-0.05, 0) is 30.5 Å². The van der Waals surface area contributed by atoms with Gasteiger partial charge in [-0.15, -0.1) is 0 Å². The highest BCUT2D eigenvalue weighted by atomic mass is 32.1. The van der Waals surface area contributed by atoms with Crippen LogP contribution in [0.25, 0.3) is 10.3 Å². The summed E-state index contributed by atoms with van der Waals surface area (Å²) in [4.78, 5) is 36.0. The first-order chi connectivity index (χ1) is 14.2. The van der Waals surface area contributed by atoms with E-state index in [0.717, 1.165) is 36.6 Å². The Morgan fingerprint density at radius 1 is 1.21 bits per heavy atom. The number of rotatable bonds is 5. The van der Waals surface area contributed by atoms with Crippen molar-refractivity contribution < 1.29 is 14.3 Å². The minimum atomic E-state index is -0.268. The number of nitrogens with one attached hydrogen (secondary N) is 1. The van der Waals surface area contributed by atoms with Gasteiger partial charge in [0.05, 0.1) is 0 Å². The van der Waals surface area contributed by atoms with Crippen molar-refractivity contribution in [2.24, 2.45) is 0 Å². The molecule has 1 saturated heterocycles. The van der Waals surface area contributed by atoms with Gasteiger partial charge in [0, 0.05) is 19.6 Å². The maximum absolute atomic E-state index is 12.8. The number of aromatic nitrogens is 3. The number of fused-ring (bicyclic) bond motifs is 2. The van der Waals surface area contributed by atoms with E-state index in [1.165, 1.54) is 22.2 Å². The van der Waals surface area contributed by atoms with Gasteiger partial charge in [0.2, 0.25) is 12.7 Å². The summed E-state index contributed by atoms with van der Waals surface area (Å²) in [5.74, 6) is 1.10. The number of amides is 1. The van der Waals surface area contributed by atoms with Crippen molar-refractivity contribution >= 4 is 32.7 Å². The molecule has 1 N–H and O–H groups in total. The van der Waals surface area contributed by atoms with Crippen molar-refractivity contribution in [3.8, 4) is 11.5 Å². The summed E-state index contributed by atoms with van der Waals surface area (Å²) in [6.07, 6.45) is 3.66. The summed E-state index contributed by atoms with van der Waals surface area (Å²) in [5, 5.41) is 3.65. The van der Waals surface area contributed by atoms with E-state index in [4.69, 9.17) is 9.47 Å². The maximum Gasteiger partial charge on any atom is 0.273 e. The van der Waals surface area contributed by atoms with Crippen LogP contribution in [-0.4, -0.2) is 40.3 Å². The molecule has 4 heterocycles. The predicted octanol–water partition coefficient (Wildman–Crippen LogP) is 1.50. The molecule has 0 aliphatic carbocycles. The lowest BCUT2D eigenvalue weighted by Gasteiger charge is -2.11. The third-order valence-corrected chi connectivity index (χ3v) is 6.08. The highest BCUT2D eigenvalue weighted by Crippen LogP contribution is 2.32. The van der Waals surface area contributed by atoms with Crippen LogP contribution in [0.3, 0.4) is 0 Å². The highest BCUT2D eigenvalue weighted by Gasteiger charge is 2.19. The molecule has 2 aromatic heterocycles. The summed E-state index contributed by atoms with van der Waals surface area (Å²) in [6, 6.07) is 5.51. The lowest BCUT2D eigenvalue weighted by atomic mass is 10.2. The van der Waals surface area contributed by atoms with Crippen LogP contribution in [0.4, 0.5) is 5.13 Å². The van der Waals surface area contributed by atoms with Crippen molar-refractivity contribution in [2.45, 2.75) is 25.9 Å². The number of benzene rings is 1. The van der Waals surface area contributed by atoms with Gasteiger partial charge in [0.1, 0.15) is 17.6 Å². The fourth-order valence-electron chi connectivity index (χ4n) is 3.45. The number of carbonyl (C=O) groups excluding carboxylic acids is 1. The zero-order valence-electron chi connectivity index (χ0n) is 15.6. The molecule has 0 atom stereocenters. The molecule has 1 fully saturated rings. The van der Waals surface area contributed by atoms with Crippen molar-refractivity contribution in [1.82, 2.24) is 19.9 Å². The smallest absolute Gasteiger partial charge is 0.273 e. The van der Waals surface area contributed by atoms with Gasteiger partial charge in [-0.25, -0.2) is 4.98 Å². The predicted molar refractivity (Wildman–Crippen MR) is 108 cm³/mol. The van der Waals surface area contributed by atoms with E-state index in [0.29, 0.717) is 28.4 Å². The van der Waals surface area contributed by atoms with Crippen LogP contribution in [0.1, 0.15) is 18.4 Å². The number of hydrogen-bond donors (Lipinski definition) is 1. The lowest BCUT2D eigenvalue weighted by Crippen LogP contribution is -2.31. The molecule has 0 radical (unpaired) electrons. The first kappa shape index (κ1) is 17.9. The van der Waals surface area contributed by atoms with Crippen LogP contribution in [0, 0.1) is 0 Å². The summed E-state index contributed by atoms with van der Waals surface area (Å²) in [7, 11) is 0. The zero-order chi connectivity index (χ0) is 19.8. The number of thiazole rings is 1. The summed E-state index contributed by atoms with van der Waals surface area (Å²) >= 11 is 1.35. The molecule has 5 rings (SSSR count). The molecule has 1 aromatic carbocycles.